The van der Waals surface area contributed by atoms with Crippen molar-refractivity contribution in [2.24, 2.45) is 0 Å². The topological polar surface area (TPSA) is 55.4 Å². The second kappa shape index (κ2) is 26.1. The molecular weight excluding hydrogens is 605 g/mol. The van der Waals surface area contributed by atoms with Crippen LogP contribution in [-0.2, 0) is 26.6 Å². The quantitative estimate of drug-likeness (QED) is 0.0473. The highest BCUT2D eigenvalue weighted by Crippen LogP contribution is 2.43. The van der Waals surface area contributed by atoms with Crippen LogP contribution in [0.2, 0.25) is 37.8 Å². The van der Waals surface area contributed by atoms with Crippen LogP contribution in [0.15, 0.2) is 0 Å². The molecule has 6 nitrogen and oxygen atoms in total. The summed E-state index contributed by atoms with van der Waals surface area (Å²) >= 11 is 4.12. The maximum Gasteiger partial charge on any atom is 0.334 e. The molecule has 0 N–H and O–H groups in total. The summed E-state index contributed by atoms with van der Waals surface area (Å²) in [5, 5.41) is 0. The maximum absolute atomic E-state index is 5.88. The molecule has 0 atom stereocenters. The Hall–Kier alpha value is 2.16. The molecule has 0 saturated heterocycles. The highest BCUT2D eigenvalue weighted by atomic mass is 33.7. The molecule has 0 fully saturated rings. The molecule has 0 aromatic rings. The van der Waals surface area contributed by atoms with Gasteiger partial charge >= 0.3 is 25.7 Å². The molecular formula is C22H54O6S5Si3. The maximum atomic E-state index is 5.88. The Labute approximate surface area is 247 Å². The molecule has 0 saturated carbocycles. The van der Waals surface area contributed by atoms with E-state index in [1.807, 2.05) is 41.2 Å². The zero-order valence-electron chi connectivity index (χ0n) is 24.2. The van der Waals surface area contributed by atoms with Gasteiger partial charge in [0, 0.05) is 52.2 Å². The summed E-state index contributed by atoms with van der Waals surface area (Å²) in [4.78, 5) is 0. The predicted octanol–water partition coefficient (Wildman–Crippen LogP) is 8.41. The molecule has 0 radical (unpaired) electrons. The Balaban J connectivity index is 0. The molecule has 0 bridgehead atoms. The molecule has 0 aromatic carbocycles. The minimum Gasteiger partial charge on any atom is -0.398 e. The number of hydrogen-bond donors (Lipinski definition) is 1. The summed E-state index contributed by atoms with van der Waals surface area (Å²) in [6, 6.07) is 3.19. The Morgan fingerprint density at radius 2 is 0.889 bits per heavy atom. The first-order valence-electron chi connectivity index (χ1n) is 13.0. The van der Waals surface area contributed by atoms with Gasteiger partial charge in [0.2, 0.25) is 0 Å². The lowest BCUT2D eigenvalue weighted by molar-refractivity contribution is 0.188. The third kappa shape index (κ3) is 22.9. The number of hydrogen-bond acceptors (Lipinski definition) is 11. The molecule has 0 aliphatic heterocycles. The minimum atomic E-state index is -1.92. The second-order valence-corrected chi connectivity index (χ2v) is 25.3. The van der Waals surface area contributed by atoms with Gasteiger partial charge in [0.1, 0.15) is 0 Å². The van der Waals surface area contributed by atoms with Gasteiger partial charge in [0.25, 0.3) is 0 Å². The van der Waals surface area contributed by atoms with E-state index in [2.05, 4.69) is 60.0 Å². The summed E-state index contributed by atoms with van der Waals surface area (Å²) in [5.74, 6) is 3.22. The Morgan fingerprint density at radius 3 is 1.17 bits per heavy atom. The minimum absolute atomic E-state index is 0.756. The van der Waals surface area contributed by atoms with Crippen molar-refractivity contribution in [3.8, 4) is 0 Å². The standard InChI is InChI=1S/C16H38O4S4Si2.C6H16O2SSi/c1-7-17-25(5,18-8-2)15-11-13-21-23-24-22-14-12-16-26(6,19-9-3)20-10-4;1-7-10(3,8-2)6-4-5-9/h7-16H2,1-6H3;9H,4-6H2,1-3H3. The highest BCUT2D eigenvalue weighted by molar-refractivity contribution is 9.26. The van der Waals surface area contributed by atoms with Crippen LogP contribution in [0.5, 0.6) is 0 Å². The van der Waals surface area contributed by atoms with Gasteiger partial charge < -0.3 is 26.6 Å². The van der Waals surface area contributed by atoms with Gasteiger partial charge in [0.15, 0.2) is 0 Å². The molecule has 0 unspecified atom stereocenters. The van der Waals surface area contributed by atoms with E-state index in [0.717, 1.165) is 81.1 Å². The van der Waals surface area contributed by atoms with Crippen molar-refractivity contribution >= 4 is 79.6 Å². The molecule has 0 aromatic heterocycles. The molecule has 14 heteroatoms. The highest BCUT2D eigenvalue weighted by Gasteiger charge is 2.30. The van der Waals surface area contributed by atoms with Crippen molar-refractivity contribution in [2.75, 3.05) is 57.9 Å². The van der Waals surface area contributed by atoms with Gasteiger partial charge in [-0.25, -0.2) is 0 Å². The molecule has 0 rings (SSSR count). The first-order valence-corrected chi connectivity index (χ1v) is 26.3. The van der Waals surface area contributed by atoms with Crippen molar-refractivity contribution in [2.45, 2.75) is 84.7 Å². The van der Waals surface area contributed by atoms with E-state index < -0.39 is 25.7 Å². The lowest BCUT2D eigenvalue weighted by Gasteiger charge is -2.25. The monoisotopic (exact) mass is 658 g/mol. The molecule has 220 valence electrons. The van der Waals surface area contributed by atoms with E-state index in [0.29, 0.717) is 0 Å². The van der Waals surface area contributed by atoms with Crippen molar-refractivity contribution < 1.29 is 26.6 Å². The van der Waals surface area contributed by atoms with Gasteiger partial charge in [0.05, 0.1) is 0 Å². The van der Waals surface area contributed by atoms with Gasteiger partial charge in [-0.05, 0) is 110 Å². The molecule has 0 aliphatic carbocycles. The normalized spacial score (nSPS) is 12.5. The zero-order chi connectivity index (χ0) is 27.8. The van der Waals surface area contributed by atoms with E-state index in [1.165, 1.54) is 0 Å². The first-order chi connectivity index (χ1) is 17.1. The van der Waals surface area contributed by atoms with Crippen molar-refractivity contribution in [3.63, 3.8) is 0 Å². The third-order valence-corrected chi connectivity index (χ3v) is 21.4. The fraction of sp³-hybridized carbons (Fsp3) is 1.00. The molecule has 36 heavy (non-hydrogen) atoms. The van der Waals surface area contributed by atoms with Crippen molar-refractivity contribution in [1.82, 2.24) is 0 Å². The van der Waals surface area contributed by atoms with E-state index in [1.54, 1.807) is 14.2 Å². The summed E-state index contributed by atoms with van der Waals surface area (Å²) < 4.78 is 34.1. The fourth-order valence-electron chi connectivity index (χ4n) is 3.29. The largest absolute Gasteiger partial charge is 0.398 e. The van der Waals surface area contributed by atoms with Crippen LogP contribution in [0.25, 0.3) is 0 Å². The van der Waals surface area contributed by atoms with Crippen LogP contribution >= 0.6 is 53.9 Å². The van der Waals surface area contributed by atoms with Gasteiger partial charge in [-0.2, -0.15) is 12.6 Å². The lowest BCUT2D eigenvalue weighted by atomic mass is 10.6. The number of thiol groups is 1. The van der Waals surface area contributed by atoms with Crippen molar-refractivity contribution in [1.29, 1.82) is 0 Å². The van der Waals surface area contributed by atoms with E-state index >= 15 is 0 Å². The lowest BCUT2D eigenvalue weighted by Crippen LogP contribution is -2.38. The van der Waals surface area contributed by atoms with E-state index in [4.69, 9.17) is 26.6 Å². The molecule has 0 heterocycles. The average Bonchev–Trinajstić information content (AvgIpc) is 2.84. The number of rotatable bonds is 24. The summed E-state index contributed by atoms with van der Waals surface area (Å²) in [6.45, 7) is 17.7. The van der Waals surface area contributed by atoms with Crippen LogP contribution in [0.1, 0.15) is 47.0 Å². The average molecular weight is 659 g/mol. The van der Waals surface area contributed by atoms with Crippen LogP contribution in [-0.4, -0.2) is 83.6 Å². The van der Waals surface area contributed by atoms with Crippen LogP contribution in [0.3, 0.4) is 0 Å². The van der Waals surface area contributed by atoms with Gasteiger partial charge in [-0.3, -0.25) is 0 Å². The second-order valence-electron chi connectivity index (χ2n) is 8.36. The summed E-state index contributed by atoms with van der Waals surface area (Å²) in [7, 11) is 5.48. The fourth-order valence-corrected chi connectivity index (χ4v) is 16.6. The Bertz CT molecular complexity index is 443. The van der Waals surface area contributed by atoms with Crippen LogP contribution in [0.4, 0.5) is 0 Å². The SMILES string of the molecule is CCO[Si](C)(CCCSSSSCCC[Si](C)(OCC)OCC)OCC.CO[Si](C)(CCCS)OC. The van der Waals surface area contributed by atoms with Crippen LogP contribution in [0, 0.1) is 0 Å². The third-order valence-electron chi connectivity index (χ3n) is 5.29. The van der Waals surface area contributed by atoms with Crippen molar-refractivity contribution in [3.05, 3.63) is 0 Å². The first kappa shape index (κ1) is 40.3. The zero-order valence-corrected chi connectivity index (χ0v) is 31.4. The summed E-state index contributed by atoms with van der Waals surface area (Å²) in [6.07, 6.45) is 3.41. The van der Waals surface area contributed by atoms with E-state index in [9.17, 15) is 0 Å². The van der Waals surface area contributed by atoms with E-state index in [-0.39, 0.29) is 0 Å². The van der Waals surface area contributed by atoms with Gasteiger partial charge in [-0.1, -0.05) is 21.6 Å². The van der Waals surface area contributed by atoms with Gasteiger partial charge in [-0.15, -0.1) is 0 Å². The Morgan fingerprint density at radius 1 is 0.556 bits per heavy atom. The predicted molar refractivity (Wildman–Crippen MR) is 178 cm³/mol. The Kier molecular flexibility index (Phi) is 29.2. The molecule has 0 spiro atoms. The smallest absolute Gasteiger partial charge is 0.334 e. The summed E-state index contributed by atoms with van der Waals surface area (Å²) in [5.41, 5.74) is 0. The molecule has 0 amide bonds. The molecule has 0 aliphatic rings. The van der Waals surface area contributed by atoms with Crippen LogP contribution < -0.4 is 0 Å².